The topological polar surface area (TPSA) is 55.5 Å². The number of nitrogens with two attached hydrogens (primary N) is 1. The average Bonchev–Trinajstić information content (AvgIpc) is 2.68. The van der Waals surface area contributed by atoms with Gasteiger partial charge in [0.1, 0.15) is 12.4 Å². The Bertz CT molecular complexity index is 839. The molecule has 0 unspecified atom stereocenters. The van der Waals surface area contributed by atoms with Crippen molar-refractivity contribution in [3.05, 3.63) is 101 Å². The molecule has 0 aromatic heterocycles. The van der Waals surface area contributed by atoms with E-state index in [2.05, 4.69) is 12.1 Å². The van der Waals surface area contributed by atoms with E-state index in [0.717, 1.165) is 33.6 Å². The Labute approximate surface area is 161 Å². The van der Waals surface area contributed by atoms with Crippen LogP contribution in [-0.2, 0) is 13.0 Å². The molecule has 0 bridgehead atoms. The van der Waals surface area contributed by atoms with Gasteiger partial charge in [-0.3, -0.25) is 0 Å². The lowest BCUT2D eigenvalue weighted by molar-refractivity contribution is 0.145. The van der Waals surface area contributed by atoms with E-state index in [-0.39, 0.29) is 0 Å². The molecule has 3 nitrogen and oxygen atoms in total. The van der Waals surface area contributed by atoms with E-state index in [4.69, 9.17) is 10.5 Å². The molecule has 0 radical (unpaired) electrons. The van der Waals surface area contributed by atoms with Gasteiger partial charge in [0, 0.05) is 6.42 Å². The molecule has 0 saturated heterocycles. The van der Waals surface area contributed by atoms with Crippen LogP contribution in [0.15, 0.2) is 72.8 Å². The summed E-state index contributed by atoms with van der Waals surface area (Å²) in [4.78, 5) is 0. The van der Waals surface area contributed by atoms with E-state index >= 15 is 0 Å². The Morgan fingerprint density at radius 2 is 1.37 bits per heavy atom. The third-order valence-electron chi connectivity index (χ3n) is 4.80. The van der Waals surface area contributed by atoms with Gasteiger partial charge in [-0.25, -0.2) is 0 Å². The van der Waals surface area contributed by atoms with Crippen LogP contribution < -0.4 is 10.5 Å². The second-order valence-corrected chi connectivity index (χ2v) is 7.04. The van der Waals surface area contributed by atoms with Crippen LogP contribution in [0.25, 0.3) is 0 Å². The Kier molecular flexibility index (Phi) is 6.28. The minimum Gasteiger partial charge on any atom is -0.488 e. The molecule has 0 aliphatic rings. The van der Waals surface area contributed by atoms with E-state index < -0.39 is 12.1 Å². The predicted octanol–water partition coefficient (Wildman–Crippen LogP) is 4.49. The Balaban J connectivity index is 1.71. The number of aliphatic hydroxyl groups is 1. The molecule has 2 atom stereocenters. The zero-order chi connectivity index (χ0) is 19.2. The number of hydrogen-bond acceptors (Lipinski definition) is 3. The van der Waals surface area contributed by atoms with Gasteiger partial charge in [-0.15, -0.1) is 0 Å². The maximum absolute atomic E-state index is 10.6. The molecule has 3 heteroatoms. The Morgan fingerprint density at radius 1 is 0.852 bits per heavy atom. The average molecular weight is 361 g/mol. The molecular formula is C24H27NO2. The summed E-state index contributed by atoms with van der Waals surface area (Å²) in [5.74, 6) is 0.882. The number of hydrogen-bond donors (Lipinski definition) is 2. The fraction of sp³-hybridized carbons (Fsp3) is 0.250. The number of aryl methyl sites for hydroxylation is 2. The number of aliphatic hydroxyl groups excluding tert-OH is 1. The fourth-order valence-electron chi connectivity index (χ4n) is 3.34. The van der Waals surface area contributed by atoms with Crippen molar-refractivity contribution in [2.45, 2.75) is 39.0 Å². The minimum atomic E-state index is -0.637. The molecule has 27 heavy (non-hydrogen) atoms. The Morgan fingerprint density at radius 3 is 1.93 bits per heavy atom. The summed E-state index contributed by atoms with van der Waals surface area (Å²) >= 11 is 0. The zero-order valence-corrected chi connectivity index (χ0v) is 15.9. The Hall–Kier alpha value is -2.62. The van der Waals surface area contributed by atoms with Crippen molar-refractivity contribution >= 4 is 0 Å². The molecule has 0 amide bonds. The zero-order valence-electron chi connectivity index (χ0n) is 15.9. The first-order valence-electron chi connectivity index (χ1n) is 9.30. The fourth-order valence-corrected chi connectivity index (χ4v) is 3.34. The molecule has 140 valence electrons. The van der Waals surface area contributed by atoms with Gasteiger partial charge in [0.05, 0.1) is 12.1 Å². The van der Waals surface area contributed by atoms with Crippen LogP contribution in [0.5, 0.6) is 5.75 Å². The SMILES string of the molecule is Cc1cc([C@@H](N)[C@@H](O)Cc2ccccc2)cc(C)c1OCc1ccccc1. The van der Waals surface area contributed by atoms with Crippen molar-refractivity contribution in [3.8, 4) is 5.75 Å². The highest BCUT2D eigenvalue weighted by molar-refractivity contribution is 5.44. The predicted molar refractivity (Wildman–Crippen MR) is 110 cm³/mol. The second-order valence-electron chi connectivity index (χ2n) is 7.04. The van der Waals surface area contributed by atoms with Crippen molar-refractivity contribution in [2.75, 3.05) is 0 Å². The maximum Gasteiger partial charge on any atom is 0.125 e. The van der Waals surface area contributed by atoms with Crippen molar-refractivity contribution < 1.29 is 9.84 Å². The maximum atomic E-state index is 10.6. The minimum absolute atomic E-state index is 0.439. The lowest BCUT2D eigenvalue weighted by Gasteiger charge is -2.22. The molecule has 0 spiro atoms. The van der Waals surface area contributed by atoms with E-state index in [1.165, 1.54) is 0 Å². The van der Waals surface area contributed by atoms with Gasteiger partial charge in [-0.1, -0.05) is 72.8 Å². The van der Waals surface area contributed by atoms with Crippen LogP contribution in [0.2, 0.25) is 0 Å². The molecule has 3 aromatic carbocycles. The molecule has 3 N–H and O–H groups in total. The van der Waals surface area contributed by atoms with Gasteiger partial charge < -0.3 is 15.6 Å². The summed E-state index contributed by atoms with van der Waals surface area (Å²) in [6.45, 7) is 4.57. The molecule has 0 heterocycles. The molecule has 0 fully saturated rings. The third kappa shape index (κ3) is 4.97. The van der Waals surface area contributed by atoms with Gasteiger partial charge in [-0.2, -0.15) is 0 Å². The van der Waals surface area contributed by atoms with E-state index in [9.17, 15) is 5.11 Å². The summed E-state index contributed by atoms with van der Waals surface area (Å²) in [5.41, 5.74) is 11.6. The highest BCUT2D eigenvalue weighted by Gasteiger charge is 2.19. The first-order chi connectivity index (χ1) is 13.0. The smallest absolute Gasteiger partial charge is 0.125 e. The largest absolute Gasteiger partial charge is 0.488 e. The molecule has 0 aliphatic heterocycles. The van der Waals surface area contributed by atoms with Gasteiger partial charge >= 0.3 is 0 Å². The normalized spacial score (nSPS) is 13.2. The molecule has 0 aliphatic carbocycles. The van der Waals surface area contributed by atoms with Crippen LogP contribution in [0.3, 0.4) is 0 Å². The van der Waals surface area contributed by atoms with Crippen LogP contribution in [0.4, 0.5) is 0 Å². The summed E-state index contributed by atoms with van der Waals surface area (Å²) < 4.78 is 6.04. The lowest BCUT2D eigenvalue weighted by Crippen LogP contribution is -2.28. The van der Waals surface area contributed by atoms with Crippen molar-refractivity contribution in [1.82, 2.24) is 0 Å². The number of benzene rings is 3. The number of ether oxygens (including phenoxy) is 1. The van der Waals surface area contributed by atoms with E-state index in [0.29, 0.717) is 13.0 Å². The number of rotatable bonds is 7. The van der Waals surface area contributed by atoms with Crippen LogP contribution >= 0.6 is 0 Å². The van der Waals surface area contributed by atoms with E-state index in [1.54, 1.807) is 0 Å². The molecule has 3 aromatic rings. The van der Waals surface area contributed by atoms with Gasteiger partial charge in [0.2, 0.25) is 0 Å². The monoisotopic (exact) mass is 361 g/mol. The standard InChI is InChI=1S/C24H27NO2/c1-17-13-21(23(25)22(26)15-19-9-5-3-6-10-19)14-18(2)24(17)27-16-20-11-7-4-8-12-20/h3-14,22-23,26H,15-16,25H2,1-2H3/t22-,23+/m0/s1. The summed E-state index contributed by atoms with van der Waals surface area (Å²) in [6, 6.07) is 23.6. The second kappa shape index (κ2) is 8.85. The third-order valence-corrected chi connectivity index (χ3v) is 4.80. The molecular weight excluding hydrogens is 334 g/mol. The van der Waals surface area contributed by atoms with Crippen molar-refractivity contribution in [3.63, 3.8) is 0 Å². The first kappa shape index (κ1) is 19.2. The van der Waals surface area contributed by atoms with Crippen LogP contribution in [0, 0.1) is 13.8 Å². The first-order valence-corrected chi connectivity index (χ1v) is 9.30. The molecule has 3 rings (SSSR count). The van der Waals surface area contributed by atoms with Gasteiger partial charge in [-0.05, 0) is 41.7 Å². The molecule has 0 saturated carbocycles. The lowest BCUT2D eigenvalue weighted by atomic mass is 9.94. The summed E-state index contributed by atoms with van der Waals surface area (Å²) in [6.07, 6.45) is -0.103. The van der Waals surface area contributed by atoms with Crippen molar-refractivity contribution in [1.29, 1.82) is 0 Å². The van der Waals surface area contributed by atoms with Crippen LogP contribution in [-0.4, -0.2) is 11.2 Å². The highest BCUT2D eigenvalue weighted by atomic mass is 16.5. The van der Waals surface area contributed by atoms with E-state index in [1.807, 2.05) is 74.5 Å². The van der Waals surface area contributed by atoms with Crippen molar-refractivity contribution in [2.24, 2.45) is 5.73 Å². The van der Waals surface area contributed by atoms with Gasteiger partial charge in [0.15, 0.2) is 0 Å². The summed E-state index contributed by atoms with van der Waals surface area (Å²) in [7, 11) is 0. The van der Waals surface area contributed by atoms with Crippen LogP contribution in [0.1, 0.15) is 33.9 Å². The quantitative estimate of drug-likeness (QED) is 0.652. The highest BCUT2D eigenvalue weighted by Crippen LogP contribution is 2.29. The van der Waals surface area contributed by atoms with Gasteiger partial charge in [0.25, 0.3) is 0 Å². The summed E-state index contributed by atoms with van der Waals surface area (Å²) in [5, 5.41) is 10.6.